The zero-order valence-electron chi connectivity index (χ0n) is 14.2. The normalized spacial score (nSPS) is 10.2. The average molecular weight is 349 g/mol. The molecule has 0 heterocycles. The van der Waals surface area contributed by atoms with Gasteiger partial charge in [0.2, 0.25) is 0 Å². The highest BCUT2D eigenvalue weighted by atomic mass is 16.6. The summed E-state index contributed by atoms with van der Waals surface area (Å²) >= 11 is 0. The Hall–Kier alpha value is -3.67. The van der Waals surface area contributed by atoms with Gasteiger partial charge in [-0.3, -0.25) is 5.32 Å². The first-order valence-corrected chi connectivity index (χ1v) is 7.93. The SMILES string of the molecule is COc1ccc(OC(=O)Nc2cc(-c3ccc(N)cc3)ccc2N)cc1. The lowest BCUT2D eigenvalue weighted by Crippen LogP contribution is -2.17. The van der Waals surface area contributed by atoms with E-state index in [1.165, 1.54) is 0 Å². The Morgan fingerprint density at radius 1 is 0.846 bits per heavy atom. The third-order valence-electron chi connectivity index (χ3n) is 3.80. The van der Waals surface area contributed by atoms with Crippen molar-refractivity contribution in [3.05, 3.63) is 66.7 Å². The molecule has 0 aliphatic rings. The van der Waals surface area contributed by atoms with E-state index >= 15 is 0 Å². The van der Waals surface area contributed by atoms with Crippen molar-refractivity contribution in [2.45, 2.75) is 0 Å². The van der Waals surface area contributed by atoms with Crippen LogP contribution in [0.25, 0.3) is 11.1 Å². The molecule has 0 fully saturated rings. The number of hydrogen-bond donors (Lipinski definition) is 3. The number of nitrogens with one attached hydrogen (secondary N) is 1. The minimum absolute atomic E-state index is 0.400. The number of amides is 1. The molecule has 132 valence electrons. The van der Waals surface area contributed by atoms with Gasteiger partial charge in [0.15, 0.2) is 0 Å². The van der Waals surface area contributed by atoms with Gasteiger partial charge in [-0.05, 0) is 59.7 Å². The van der Waals surface area contributed by atoms with E-state index in [-0.39, 0.29) is 0 Å². The molecule has 26 heavy (non-hydrogen) atoms. The van der Waals surface area contributed by atoms with Crippen molar-refractivity contribution in [1.29, 1.82) is 0 Å². The number of methoxy groups -OCH3 is 1. The van der Waals surface area contributed by atoms with E-state index in [1.54, 1.807) is 43.5 Å². The van der Waals surface area contributed by atoms with E-state index in [9.17, 15) is 4.79 Å². The van der Waals surface area contributed by atoms with Gasteiger partial charge in [0.25, 0.3) is 0 Å². The Morgan fingerprint density at radius 3 is 2.12 bits per heavy atom. The second-order valence-electron chi connectivity index (χ2n) is 5.61. The van der Waals surface area contributed by atoms with Crippen LogP contribution in [0.3, 0.4) is 0 Å². The number of nitrogens with two attached hydrogens (primary N) is 2. The van der Waals surface area contributed by atoms with Gasteiger partial charge in [0.05, 0.1) is 18.5 Å². The number of carbonyl (C=O) groups excluding carboxylic acids is 1. The first-order chi connectivity index (χ1) is 12.5. The van der Waals surface area contributed by atoms with Crippen molar-refractivity contribution in [3.8, 4) is 22.6 Å². The summed E-state index contributed by atoms with van der Waals surface area (Å²) in [4.78, 5) is 12.1. The monoisotopic (exact) mass is 349 g/mol. The minimum Gasteiger partial charge on any atom is -0.497 e. The van der Waals surface area contributed by atoms with Crippen LogP contribution in [0.4, 0.5) is 21.9 Å². The number of anilines is 3. The molecule has 3 aromatic rings. The summed E-state index contributed by atoms with van der Waals surface area (Å²) in [5.41, 5.74) is 15.1. The Morgan fingerprint density at radius 2 is 1.46 bits per heavy atom. The van der Waals surface area contributed by atoms with Crippen LogP contribution < -0.4 is 26.3 Å². The lowest BCUT2D eigenvalue weighted by atomic mass is 10.0. The van der Waals surface area contributed by atoms with Crippen molar-refractivity contribution in [1.82, 2.24) is 0 Å². The number of carbonyl (C=O) groups is 1. The number of rotatable bonds is 4. The quantitative estimate of drug-likeness (QED) is 0.615. The fourth-order valence-electron chi connectivity index (χ4n) is 2.41. The van der Waals surface area contributed by atoms with Crippen molar-refractivity contribution in [3.63, 3.8) is 0 Å². The zero-order chi connectivity index (χ0) is 18.5. The van der Waals surface area contributed by atoms with Gasteiger partial charge in [-0.1, -0.05) is 18.2 Å². The molecule has 0 spiro atoms. The molecule has 5 N–H and O–H groups in total. The van der Waals surface area contributed by atoms with Gasteiger partial charge in [-0.2, -0.15) is 0 Å². The first-order valence-electron chi connectivity index (χ1n) is 7.93. The van der Waals surface area contributed by atoms with Gasteiger partial charge in [-0.25, -0.2) is 4.79 Å². The molecule has 3 aromatic carbocycles. The summed E-state index contributed by atoms with van der Waals surface area (Å²) in [6.45, 7) is 0. The summed E-state index contributed by atoms with van der Waals surface area (Å²) in [6.07, 6.45) is -0.628. The fourth-order valence-corrected chi connectivity index (χ4v) is 2.41. The van der Waals surface area contributed by atoms with E-state index in [0.717, 1.165) is 11.1 Å². The standard InChI is InChI=1S/C20H19N3O3/c1-25-16-7-9-17(10-8-16)26-20(24)23-19-12-14(4-11-18(19)22)13-2-5-15(21)6-3-13/h2-12H,21-22H2,1H3,(H,23,24). The lowest BCUT2D eigenvalue weighted by molar-refractivity contribution is 0.215. The van der Waals surface area contributed by atoms with E-state index < -0.39 is 6.09 Å². The summed E-state index contributed by atoms with van der Waals surface area (Å²) in [5, 5.41) is 2.67. The Kier molecular flexibility index (Phi) is 4.94. The van der Waals surface area contributed by atoms with Gasteiger partial charge in [-0.15, -0.1) is 0 Å². The van der Waals surface area contributed by atoms with Gasteiger partial charge in [0, 0.05) is 5.69 Å². The maximum absolute atomic E-state index is 12.1. The third kappa shape index (κ3) is 4.05. The van der Waals surface area contributed by atoms with Crippen molar-refractivity contribution < 1.29 is 14.3 Å². The predicted octanol–water partition coefficient (Wildman–Crippen LogP) is 4.14. The number of nitrogen functional groups attached to an aromatic ring is 2. The Balaban J connectivity index is 1.74. The molecule has 0 atom stereocenters. The average Bonchev–Trinajstić information content (AvgIpc) is 2.65. The first kappa shape index (κ1) is 17.2. The van der Waals surface area contributed by atoms with Gasteiger partial charge < -0.3 is 20.9 Å². The van der Waals surface area contributed by atoms with Crippen molar-refractivity contribution in [2.24, 2.45) is 0 Å². The largest absolute Gasteiger partial charge is 0.497 e. The zero-order valence-corrected chi connectivity index (χ0v) is 14.2. The number of benzene rings is 3. The molecule has 0 aliphatic carbocycles. The number of hydrogen-bond acceptors (Lipinski definition) is 5. The highest BCUT2D eigenvalue weighted by molar-refractivity contribution is 5.91. The molecule has 0 saturated carbocycles. The van der Waals surface area contributed by atoms with Gasteiger partial charge >= 0.3 is 6.09 Å². The van der Waals surface area contributed by atoms with Crippen molar-refractivity contribution in [2.75, 3.05) is 23.9 Å². The van der Waals surface area contributed by atoms with Crippen molar-refractivity contribution >= 4 is 23.2 Å². The summed E-state index contributed by atoms with van der Waals surface area (Å²) in [5.74, 6) is 1.08. The lowest BCUT2D eigenvalue weighted by Gasteiger charge is -2.11. The van der Waals surface area contributed by atoms with E-state index in [4.69, 9.17) is 20.9 Å². The van der Waals surface area contributed by atoms with Gasteiger partial charge in [0.1, 0.15) is 11.5 Å². The summed E-state index contributed by atoms with van der Waals surface area (Å²) < 4.78 is 10.3. The minimum atomic E-state index is -0.628. The van der Waals surface area contributed by atoms with E-state index in [0.29, 0.717) is 28.6 Å². The predicted molar refractivity (Wildman–Crippen MR) is 103 cm³/mol. The highest BCUT2D eigenvalue weighted by Crippen LogP contribution is 2.28. The molecule has 0 saturated heterocycles. The number of ether oxygens (including phenoxy) is 2. The van der Waals surface area contributed by atoms with Crippen LogP contribution in [0.15, 0.2) is 66.7 Å². The molecule has 1 amide bonds. The van der Waals surface area contributed by atoms with Crippen LogP contribution in [-0.2, 0) is 0 Å². The maximum atomic E-state index is 12.1. The molecule has 0 unspecified atom stereocenters. The van der Waals surface area contributed by atoms with Crippen LogP contribution in [0, 0.1) is 0 Å². The molecular formula is C20H19N3O3. The second-order valence-corrected chi connectivity index (χ2v) is 5.61. The third-order valence-corrected chi connectivity index (χ3v) is 3.80. The smallest absolute Gasteiger partial charge is 0.417 e. The van der Waals surface area contributed by atoms with Crippen LogP contribution in [0.1, 0.15) is 0 Å². The second kappa shape index (κ2) is 7.48. The van der Waals surface area contributed by atoms with Crippen LogP contribution in [-0.4, -0.2) is 13.2 Å². The van der Waals surface area contributed by atoms with E-state index in [2.05, 4.69) is 5.32 Å². The molecule has 3 rings (SSSR count). The molecular weight excluding hydrogens is 330 g/mol. The summed E-state index contributed by atoms with van der Waals surface area (Å²) in [7, 11) is 1.57. The molecule has 0 aromatic heterocycles. The molecule has 0 aliphatic heterocycles. The molecule has 6 heteroatoms. The van der Waals surface area contributed by atoms with Crippen LogP contribution in [0.5, 0.6) is 11.5 Å². The van der Waals surface area contributed by atoms with Crippen LogP contribution >= 0.6 is 0 Å². The molecule has 0 radical (unpaired) electrons. The highest BCUT2D eigenvalue weighted by Gasteiger charge is 2.09. The Labute approximate surface area is 151 Å². The summed E-state index contributed by atoms with van der Waals surface area (Å²) in [6, 6.07) is 19.5. The molecule has 6 nitrogen and oxygen atoms in total. The van der Waals surface area contributed by atoms with Crippen LogP contribution in [0.2, 0.25) is 0 Å². The maximum Gasteiger partial charge on any atom is 0.417 e. The fraction of sp³-hybridized carbons (Fsp3) is 0.0500. The molecule has 0 bridgehead atoms. The Bertz CT molecular complexity index is 907. The van der Waals surface area contributed by atoms with E-state index in [1.807, 2.05) is 30.3 Å². The topological polar surface area (TPSA) is 99.6 Å².